The predicted molar refractivity (Wildman–Crippen MR) is 91.8 cm³/mol. The Kier molecular flexibility index (Phi) is 4.32. The second-order valence-electron chi connectivity index (χ2n) is 5.94. The van der Waals surface area contributed by atoms with Crippen LogP contribution in [0.4, 0.5) is 5.95 Å². The molecular formula is C17H20BN3O2. The van der Waals surface area contributed by atoms with E-state index < -0.39 is 5.97 Å². The Labute approximate surface area is 136 Å². The Bertz CT molecular complexity index is 682. The molecule has 0 unspecified atom stereocenters. The second-order valence-corrected chi connectivity index (χ2v) is 5.94. The number of esters is 1. The molecule has 1 N–H and O–H groups in total. The topological polar surface area (TPSA) is 64.1 Å². The average molecular weight is 309 g/mol. The van der Waals surface area contributed by atoms with Crippen molar-refractivity contribution in [3.05, 3.63) is 47.8 Å². The molecule has 1 aromatic carbocycles. The van der Waals surface area contributed by atoms with Gasteiger partial charge in [-0.1, -0.05) is 29.7 Å². The van der Waals surface area contributed by atoms with Crippen molar-refractivity contribution in [3.8, 4) is 0 Å². The zero-order chi connectivity index (χ0) is 16.3. The number of aromatic nitrogens is 2. The molecule has 0 saturated heterocycles. The molecule has 0 amide bonds. The van der Waals surface area contributed by atoms with E-state index in [1.165, 1.54) is 29.8 Å². The summed E-state index contributed by atoms with van der Waals surface area (Å²) in [6.45, 7) is 2.12. The van der Waals surface area contributed by atoms with Gasteiger partial charge in [0.25, 0.3) is 0 Å². The third kappa shape index (κ3) is 3.21. The van der Waals surface area contributed by atoms with Gasteiger partial charge < -0.3 is 10.1 Å². The van der Waals surface area contributed by atoms with E-state index in [4.69, 9.17) is 4.74 Å². The summed E-state index contributed by atoms with van der Waals surface area (Å²) in [5.74, 6) is 0.147. The summed E-state index contributed by atoms with van der Waals surface area (Å²) in [4.78, 5) is 20.2. The Morgan fingerprint density at radius 2 is 1.91 bits per heavy atom. The standard InChI is InChI=1S/C17H20BN3O2/c1-2-23-15(22)12-10-19-16(20-11-12)21-17(8-3-9-17)13-4-6-14(18)7-5-13/h4-7,10-11H,2-3,8-9,18H2,1H3,(H,19,20,21). The summed E-state index contributed by atoms with van der Waals surface area (Å²) < 4.78 is 4.94. The van der Waals surface area contributed by atoms with Crippen molar-refractivity contribution in [2.75, 3.05) is 11.9 Å². The minimum Gasteiger partial charge on any atom is -0.462 e. The largest absolute Gasteiger partial charge is 0.462 e. The highest BCUT2D eigenvalue weighted by Gasteiger charge is 2.39. The Hall–Kier alpha value is -2.37. The molecule has 0 atom stereocenters. The van der Waals surface area contributed by atoms with E-state index in [1.54, 1.807) is 6.92 Å². The number of carbonyl (C=O) groups is 1. The van der Waals surface area contributed by atoms with Crippen LogP contribution in [-0.4, -0.2) is 30.4 Å². The molecule has 0 spiro atoms. The van der Waals surface area contributed by atoms with Crippen LogP contribution in [-0.2, 0) is 10.3 Å². The molecule has 1 heterocycles. The number of carbonyl (C=O) groups excluding carboxylic acids is 1. The normalized spacial score (nSPS) is 15.5. The van der Waals surface area contributed by atoms with Crippen LogP contribution in [0.5, 0.6) is 0 Å². The third-order valence-corrected chi connectivity index (χ3v) is 4.33. The molecule has 1 aliphatic carbocycles. The maximum absolute atomic E-state index is 11.6. The van der Waals surface area contributed by atoms with Crippen LogP contribution < -0.4 is 10.8 Å². The molecule has 1 aromatic heterocycles. The number of nitrogens with one attached hydrogen (secondary N) is 1. The minimum absolute atomic E-state index is 0.0981. The number of benzene rings is 1. The van der Waals surface area contributed by atoms with Crippen molar-refractivity contribution in [1.29, 1.82) is 0 Å². The van der Waals surface area contributed by atoms with Crippen LogP contribution in [0.15, 0.2) is 36.7 Å². The van der Waals surface area contributed by atoms with Crippen LogP contribution in [0.3, 0.4) is 0 Å². The van der Waals surface area contributed by atoms with Crippen molar-refractivity contribution < 1.29 is 9.53 Å². The zero-order valence-corrected chi connectivity index (χ0v) is 13.5. The highest BCUT2D eigenvalue weighted by molar-refractivity contribution is 6.32. The summed E-state index contributed by atoms with van der Waals surface area (Å²) in [5.41, 5.74) is 2.78. The molecule has 1 fully saturated rings. The van der Waals surface area contributed by atoms with Gasteiger partial charge in [0.15, 0.2) is 0 Å². The Balaban J connectivity index is 1.77. The molecule has 0 bridgehead atoms. The van der Waals surface area contributed by atoms with E-state index in [-0.39, 0.29) is 5.54 Å². The number of anilines is 1. The number of ether oxygens (including phenoxy) is 1. The van der Waals surface area contributed by atoms with Crippen molar-refractivity contribution in [2.45, 2.75) is 31.7 Å². The Morgan fingerprint density at radius 3 is 2.43 bits per heavy atom. The van der Waals surface area contributed by atoms with Gasteiger partial charge in [-0.25, -0.2) is 14.8 Å². The van der Waals surface area contributed by atoms with Crippen molar-refractivity contribution in [3.63, 3.8) is 0 Å². The first-order valence-corrected chi connectivity index (χ1v) is 7.97. The maximum Gasteiger partial charge on any atom is 0.341 e. The van der Waals surface area contributed by atoms with Crippen molar-refractivity contribution in [1.82, 2.24) is 9.97 Å². The van der Waals surface area contributed by atoms with Gasteiger partial charge in [-0.2, -0.15) is 0 Å². The summed E-state index contributed by atoms with van der Waals surface area (Å²) in [6, 6.07) is 8.58. The molecule has 23 heavy (non-hydrogen) atoms. The van der Waals surface area contributed by atoms with E-state index in [9.17, 15) is 4.79 Å². The highest BCUT2D eigenvalue weighted by Crippen LogP contribution is 2.43. The maximum atomic E-state index is 11.6. The fourth-order valence-corrected chi connectivity index (χ4v) is 2.82. The van der Waals surface area contributed by atoms with Gasteiger partial charge in [-0.15, -0.1) is 0 Å². The number of hydrogen-bond donors (Lipinski definition) is 1. The molecule has 1 aliphatic rings. The molecule has 118 valence electrons. The minimum atomic E-state index is -0.393. The highest BCUT2D eigenvalue weighted by atomic mass is 16.5. The Morgan fingerprint density at radius 1 is 1.26 bits per heavy atom. The van der Waals surface area contributed by atoms with Gasteiger partial charge in [-0.05, 0) is 31.7 Å². The van der Waals surface area contributed by atoms with E-state index in [2.05, 4.69) is 47.4 Å². The van der Waals surface area contributed by atoms with E-state index in [0.29, 0.717) is 18.1 Å². The number of nitrogens with zero attached hydrogens (tertiary/aromatic N) is 2. The lowest BCUT2D eigenvalue weighted by atomic mass is 9.71. The van der Waals surface area contributed by atoms with Crippen LogP contribution in [0.25, 0.3) is 0 Å². The van der Waals surface area contributed by atoms with Crippen LogP contribution in [0.2, 0.25) is 0 Å². The first-order valence-electron chi connectivity index (χ1n) is 7.97. The summed E-state index contributed by atoms with van der Waals surface area (Å²) in [5, 5.41) is 3.45. The molecule has 0 radical (unpaired) electrons. The lowest BCUT2D eigenvalue weighted by Crippen LogP contribution is -2.42. The molecule has 6 heteroatoms. The smallest absolute Gasteiger partial charge is 0.341 e. The SMILES string of the molecule is Bc1ccc(C2(Nc3ncc(C(=O)OCC)cn3)CCC2)cc1. The average Bonchev–Trinajstić information content (AvgIpc) is 2.53. The van der Waals surface area contributed by atoms with E-state index in [1.807, 2.05) is 0 Å². The molecule has 3 rings (SSSR count). The van der Waals surface area contributed by atoms with Crippen LogP contribution >= 0.6 is 0 Å². The first-order chi connectivity index (χ1) is 11.1. The summed E-state index contributed by atoms with van der Waals surface area (Å²) in [7, 11) is 2.09. The molecule has 2 aromatic rings. The molecule has 0 aliphatic heterocycles. The molecule has 1 saturated carbocycles. The van der Waals surface area contributed by atoms with Gasteiger partial charge in [-0.3, -0.25) is 0 Å². The fourth-order valence-electron chi connectivity index (χ4n) is 2.82. The van der Waals surface area contributed by atoms with E-state index >= 15 is 0 Å². The van der Waals surface area contributed by atoms with Gasteiger partial charge in [0.2, 0.25) is 5.95 Å². The quantitative estimate of drug-likeness (QED) is 0.668. The molecular weight excluding hydrogens is 289 g/mol. The lowest BCUT2D eigenvalue weighted by Gasteiger charge is -2.43. The zero-order valence-electron chi connectivity index (χ0n) is 13.5. The van der Waals surface area contributed by atoms with Gasteiger partial charge in [0.1, 0.15) is 7.85 Å². The third-order valence-electron chi connectivity index (χ3n) is 4.33. The van der Waals surface area contributed by atoms with Gasteiger partial charge in [0.05, 0.1) is 17.7 Å². The van der Waals surface area contributed by atoms with Crippen LogP contribution in [0.1, 0.15) is 42.1 Å². The van der Waals surface area contributed by atoms with E-state index in [0.717, 1.165) is 12.8 Å². The summed E-state index contributed by atoms with van der Waals surface area (Å²) in [6.07, 6.45) is 6.31. The fraction of sp³-hybridized carbons (Fsp3) is 0.353. The number of rotatable bonds is 5. The first kappa shape index (κ1) is 15.5. The van der Waals surface area contributed by atoms with Gasteiger partial charge >= 0.3 is 5.97 Å². The van der Waals surface area contributed by atoms with Crippen LogP contribution in [0, 0.1) is 0 Å². The second kappa shape index (κ2) is 6.40. The monoisotopic (exact) mass is 309 g/mol. The molecule has 5 nitrogen and oxygen atoms in total. The summed E-state index contributed by atoms with van der Waals surface area (Å²) >= 11 is 0. The van der Waals surface area contributed by atoms with Gasteiger partial charge in [0, 0.05) is 12.4 Å². The predicted octanol–water partition coefficient (Wildman–Crippen LogP) is 1.40. The van der Waals surface area contributed by atoms with Crippen molar-refractivity contribution >= 4 is 25.2 Å². The number of hydrogen-bond acceptors (Lipinski definition) is 5. The lowest BCUT2D eigenvalue weighted by molar-refractivity contribution is 0.0525. The van der Waals surface area contributed by atoms with Crippen molar-refractivity contribution in [2.24, 2.45) is 0 Å².